The fourth-order valence-electron chi connectivity index (χ4n) is 2.77. The van der Waals surface area contributed by atoms with Gasteiger partial charge in [-0.05, 0) is 31.0 Å². The highest BCUT2D eigenvalue weighted by atomic mass is 19.1. The van der Waals surface area contributed by atoms with Crippen molar-refractivity contribution in [2.24, 2.45) is 11.3 Å². The summed E-state index contributed by atoms with van der Waals surface area (Å²) in [5, 5.41) is 3.22. The Kier molecular flexibility index (Phi) is 3.90. The fourth-order valence-corrected chi connectivity index (χ4v) is 2.77. The van der Waals surface area contributed by atoms with Gasteiger partial charge in [0.1, 0.15) is 0 Å². The molecule has 1 aliphatic rings. The van der Waals surface area contributed by atoms with Gasteiger partial charge in [0, 0.05) is 12.0 Å². The molecule has 0 aliphatic carbocycles. The van der Waals surface area contributed by atoms with Gasteiger partial charge in [-0.15, -0.1) is 0 Å². The number of Topliss-reactive ketones (excluding diaryl/α,β-unsaturated/α-hetero) is 1. The lowest BCUT2D eigenvalue weighted by Gasteiger charge is -2.31. The van der Waals surface area contributed by atoms with E-state index >= 15 is 0 Å². The van der Waals surface area contributed by atoms with Crippen LogP contribution in [0.25, 0.3) is 0 Å². The molecule has 0 bridgehead atoms. The van der Waals surface area contributed by atoms with Crippen LogP contribution in [0.1, 0.15) is 30.6 Å². The summed E-state index contributed by atoms with van der Waals surface area (Å²) >= 11 is 0. The summed E-state index contributed by atoms with van der Waals surface area (Å²) in [7, 11) is 1.40. The Balaban J connectivity index is 2.43. The largest absolute Gasteiger partial charge is 0.494 e. The maximum atomic E-state index is 14.2. The smallest absolute Gasteiger partial charge is 0.175 e. The summed E-state index contributed by atoms with van der Waals surface area (Å²) in [6, 6.07) is 4.73. The lowest BCUT2D eigenvalue weighted by molar-refractivity contribution is 0.0734. The van der Waals surface area contributed by atoms with Crippen LogP contribution in [0.2, 0.25) is 0 Å². The van der Waals surface area contributed by atoms with Crippen molar-refractivity contribution < 1.29 is 13.9 Å². The second-order valence-corrected chi connectivity index (χ2v) is 5.39. The summed E-state index contributed by atoms with van der Waals surface area (Å²) in [5.74, 6) is -0.387. The number of methoxy groups -OCH3 is 1. The van der Waals surface area contributed by atoms with Crippen LogP contribution in [0.15, 0.2) is 18.2 Å². The number of ether oxygens (including phenoxy) is 1. The van der Waals surface area contributed by atoms with Gasteiger partial charge in [0.25, 0.3) is 0 Å². The molecule has 1 saturated heterocycles. The van der Waals surface area contributed by atoms with Crippen molar-refractivity contribution in [3.05, 3.63) is 29.6 Å². The number of carbonyl (C=O) groups excluding carboxylic acids is 1. The molecule has 1 aromatic rings. The van der Waals surface area contributed by atoms with Crippen molar-refractivity contribution in [2.75, 3.05) is 20.2 Å². The predicted octanol–water partition coefficient (Wildman–Crippen LogP) is 2.65. The number of hydrogen-bond donors (Lipinski definition) is 1. The normalized spacial score (nSPS) is 22.8. The number of hydrogen-bond acceptors (Lipinski definition) is 3. The van der Waals surface area contributed by atoms with E-state index in [-0.39, 0.29) is 23.0 Å². The van der Waals surface area contributed by atoms with E-state index in [1.165, 1.54) is 13.2 Å². The van der Waals surface area contributed by atoms with Gasteiger partial charge in [0.2, 0.25) is 0 Å². The zero-order valence-corrected chi connectivity index (χ0v) is 11.6. The average Bonchev–Trinajstić information content (AvgIpc) is 2.89. The molecule has 1 unspecified atom stereocenters. The summed E-state index contributed by atoms with van der Waals surface area (Å²) in [6.07, 6.45) is 0.750. The first kappa shape index (κ1) is 14.0. The molecule has 1 aromatic carbocycles. The van der Waals surface area contributed by atoms with Crippen LogP contribution >= 0.6 is 0 Å². The standard InChI is InChI=1S/C15H20FNO2/c1-10(2)15(7-8-17-9-15)14(18)11-5-4-6-12(19-3)13(11)16/h4-6,10,17H,7-9H2,1-3H3. The second kappa shape index (κ2) is 5.29. The van der Waals surface area contributed by atoms with E-state index < -0.39 is 11.2 Å². The first-order chi connectivity index (χ1) is 9.03. The van der Waals surface area contributed by atoms with Crippen LogP contribution in [0.5, 0.6) is 5.75 Å². The SMILES string of the molecule is COc1cccc(C(=O)C2(C(C)C)CCNC2)c1F. The molecule has 0 radical (unpaired) electrons. The van der Waals surface area contributed by atoms with Crippen LogP contribution in [0.4, 0.5) is 4.39 Å². The Hall–Kier alpha value is -1.42. The summed E-state index contributed by atoms with van der Waals surface area (Å²) in [6.45, 7) is 5.45. The lowest BCUT2D eigenvalue weighted by Crippen LogP contribution is -2.39. The molecule has 3 nitrogen and oxygen atoms in total. The topological polar surface area (TPSA) is 38.3 Å². The molecule has 0 saturated carbocycles. The minimum atomic E-state index is -0.554. The van der Waals surface area contributed by atoms with Crippen LogP contribution in [-0.2, 0) is 0 Å². The van der Waals surface area contributed by atoms with Crippen molar-refractivity contribution in [3.63, 3.8) is 0 Å². The molecule has 0 spiro atoms. The monoisotopic (exact) mass is 265 g/mol. The van der Waals surface area contributed by atoms with E-state index in [4.69, 9.17) is 4.74 Å². The zero-order valence-electron chi connectivity index (χ0n) is 11.6. The third-order valence-corrected chi connectivity index (χ3v) is 4.17. The van der Waals surface area contributed by atoms with Gasteiger partial charge in [0.05, 0.1) is 12.7 Å². The molecule has 1 N–H and O–H groups in total. The van der Waals surface area contributed by atoms with Gasteiger partial charge in [-0.2, -0.15) is 0 Å². The van der Waals surface area contributed by atoms with Gasteiger partial charge in [0.15, 0.2) is 17.3 Å². The molecular formula is C15H20FNO2. The fraction of sp³-hybridized carbons (Fsp3) is 0.533. The summed E-state index contributed by atoms with van der Waals surface area (Å²) in [4.78, 5) is 12.8. The Morgan fingerprint density at radius 1 is 1.47 bits per heavy atom. The van der Waals surface area contributed by atoms with Gasteiger partial charge in [-0.3, -0.25) is 4.79 Å². The first-order valence-corrected chi connectivity index (χ1v) is 6.61. The van der Waals surface area contributed by atoms with Crippen molar-refractivity contribution in [2.45, 2.75) is 20.3 Å². The second-order valence-electron chi connectivity index (χ2n) is 5.39. The minimum Gasteiger partial charge on any atom is -0.494 e. The average molecular weight is 265 g/mol. The number of ketones is 1. The Bertz CT molecular complexity index is 479. The molecule has 1 heterocycles. The van der Waals surface area contributed by atoms with Crippen molar-refractivity contribution >= 4 is 5.78 Å². The van der Waals surface area contributed by atoms with Crippen LogP contribution < -0.4 is 10.1 Å². The number of benzene rings is 1. The molecule has 2 rings (SSSR count). The number of carbonyl (C=O) groups is 1. The highest BCUT2D eigenvalue weighted by Crippen LogP contribution is 2.38. The van der Waals surface area contributed by atoms with Crippen molar-refractivity contribution in [3.8, 4) is 5.75 Å². The Morgan fingerprint density at radius 3 is 2.74 bits per heavy atom. The van der Waals surface area contributed by atoms with Crippen molar-refractivity contribution in [1.29, 1.82) is 0 Å². The first-order valence-electron chi connectivity index (χ1n) is 6.61. The zero-order chi connectivity index (χ0) is 14.0. The highest BCUT2D eigenvalue weighted by Gasteiger charge is 2.45. The Morgan fingerprint density at radius 2 is 2.21 bits per heavy atom. The van der Waals surface area contributed by atoms with E-state index in [1.807, 2.05) is 13.8 Å². The molecule has 19 heavy (non-hydrogen) atoms. The molecule has 1 aliphatic heterocycles. The predicted molar refractivity (Wildman–Crippen MR) is 72.0 cm³/mol. The molecule has 1 atom stereocenters. The van der Waals surface area contributed by atoms with E-state index in [9.17, 15) is 9.18 Å². The number of halogens is 1. The van der Waals surface area contributed by atoms with Crippen LogP contribution in [0, 0.1) is 17.2 Å². The van der Waals surface area contributed by atoms with Gasteiger partial charge >= 0.3 is 0 Å². The molecular weight excluding hydrogens is 245 g/mol. The molecule has 104 valence electrons. The van der Waals surface area contributed by atoms with E-state index in [1.54, 1.807) is 12.1 Å². The van der Waals surface area contributed by atoms with Crippen molar-refractivity contribution in [1.82, 2.24) is 5.32 Å². The third kappa shape index (κ3) is 2.25. The molecule has 0 aromatic heterocycles. The quantitative estimate of drug-likeness (QED) is 0.851. The van der Waals surface area contributed by atoms with Gasteiger partial charge < -0.3 is 10.1 Å². The molecule has 0 amide bonds. The molecule has 4 heteroatoms. The maximum Gasteiger partial charge on any atom is 0.175 e. The minimum absolute atomic E-state index is 0.121. The van der Waals surface area contributed by atoms with E-state index in [0.29, 0.717) is 6.54 Å². The summed E-state index contributed by atoms with van der Waals surface area (Å²) in [5.41, 5.74) is -0.371. The maximum absolute atomic E-state index is 14.2. The van der Waals surface area contributed by atoms with Crippen LogP contribution in [-0.4, -0.2) is 26.0 Å². The number of rotatable bonds is 4. The van der Waals surface area contributed by atoms with Crippen LogP contribution in [0.3, 0.4) is 0 Å². The van der Waals surface area contributed by atoms with E-state index in [0.717, 1.165) is 13.0 Å². The van der Waals surface area contributed by atoms with E-state index in [2.05, 4.69) is 5.32 Å². The number of nitrogens with one attached hydrogen (secondary N) is 1. The Labute approximate surface area is 113 Å². The highest BCUT2D eigenvalue weighted by molar-refractivity contribution is 6.01. The van der Waals surface area contributed by atoms with Gasteiger partial charge in [-0.1, -0.05) is 19.9 Å². The third-order valence-electron chi connectivity index (χ3n) is 4.17. The molecule has 1 fully saturated rings. The lowest BCUT2D eigenvalue weighted by atomic mass is 9.71. The van der Waals surface area contributed by atoms with Gasteiger partial charge in [-0.25, -0.2) is 4.39 Å². The summed E-state index contributed by atoms with van der Waals surface area (Å²) < 4.78 is 19.2.